The van der Waals surface area contributed by atoms with Crippen LogP contribution in [0.2, 0.25) is 10.0 Å². The second-order valence-electron chi connectivity index (χ2n) is 7.12. The molecule has 0 fully saturated rings. The summed E-state index contributed by atoms with van der Waals surface area (Å²) in [4.78, 5) is 25.8. The van der Waals surface area contributed by atoms with Crippen LogP contribution in [-0.4, -0.2) is 30.5 Å². The molecule has 9 heteroatoms. The Balaban J connectivity index is 1.58. The smallest absolute Gasteiger partial charge is 0.299 e. The molecule has 32 heavy (non-hydrogen) atoms. The zero-order valence-corrected chi connectivity index (χ0v) is 18.3. The van der Waals surface area contributed by atoms with Crippen LogP contribution >= 0.6 is 23.2 Å². The number of halogens is 2. The highest BCUT2D eigenvalue weighted by atomic mass is 35.5. The molecule has 0 spiro atoms. The lowest BCUT2D eigenvalue weighted by Gasteiger charge is -2.10. The van der Waals surface area contributed by atoms with Gasteiger partial charge in [0, 0.05) is 45.6 Å². The van der Waals surface area contributed by atoms with Gasteiger partial charge in [0.1, 0.15) is 0 Å². The predicted octanol–water partition coefficient (Wildman–Crippen LogP) is 5.38. The van der Waals surface area contributed by atoms with Gasteiger partial charge in [-0.2, -0.15) is 4.98 Å². The molecule has 0 aliphatic heterocycles. The van der Waals surface area contributed by atoms with Crippen LogP contribution in [0, 0.1) is 6.92 Å². The molecule has 0 aliphatic carbocycles. The van der Waals surface area contributed by atoms with Gasteiger partial charge >= 0.3 is 0 Å². The highest BCUT2D eigenvalue weighted by molar-refractivity contribution is 6.35. The summed E-state index contributed by atoms with van der Waals surface area (Å²) in [6.45, 7) is 2.36. The van der Waals surface area contributed by atoms with Crippen LogP contribution in [0.4, 0.5) is 0 Å². The first-order valence-electron chi connectivity index (χ1n) is 9.70. The predicted molar refractivity (Wildman–Crippen MR) is 121 cm³/mol. The number of nitrogens with zero attached hydrogens (tertiary/aromatic N) is 5. The van der Waals surface area contributed by atoms with Crippen molar-refractivity contribution in [3.8, 4) is 11.6 Å². The highest BCUT2D eigenvalue weighted by Gasteiger charge is 2.26. The first-order chi connectivity index (χ1) is 15.5. The van der Waals surface area contributed by atoms with E-state index in [4.69, 9.17) is 27.7 Å². The molecule has 0 bridgehead atoms. The Hall–Kier alpha value is -3.55. The second-order valence-corrected chi connectivity index (χ2v) is 7.97. The lowest BCUT2D eigenvalue weighted by Crippen LogP contribution is -2.07. The Bertz CT molecular complexity index is 1460. The average Bonchev–Trinajstić information content (AvgIpc) is 3.40. The van der Waals surface area contributed by atoms with E-state index in [0.717, 1.165) is 22.2 Å². The molecule has 0 unspecified atom stereocenters. The topological polar surface area (TPSA) is 86.7 Å². The van der Waals surface area contributed by atoms with Gasteiger partial charge in [-0.25, -0.2) is 9.97 Å². The molecule has 3 aromatic heterocycles. The Labute approximate surface area is 192 Å². The fraction of sp³-hybridized carbons (Fsp3) is 0.0870. The zero-order chi connectivity index (χ0) is 22.2. The monoisotopic (exact) mass is 463 g/mol. The zero-order valence-electron chi connectivity index (χ0n) is 16.8. The summed E-state index contributed by atoms with van der Waals surface area (Å²) in [6.07, 6.45) is 3.14. The first-order valence-corrected chi connectivity index (χ1v) is 10.5. The molecule has 5 rings (SSSR count). The van der Waals surface area contributed by atoms with E-state index in [0.29, 0.717) is 22.2 Å². The Kier molecular flexibility index (Phi) is 5.20. The first kappa shape index (κ1) is 20.4. The van der Waals surface area contributed by atoms with E-state index in [9.17, 15) is 4.79 Å². The van der Waals surface area contributed by atoms with Gasteiger partial charge in [-0.1, -0.05) is 52.6 Å². The molecule has 0 saturated heterocycles. The summed E-state index contributed by atoms with van der Waals surface area (Å²) in [5.41, 5.74) is 3.04. The molecule has 0 aliphatic rings. The van der Waals surface area contributed by atoms with E-state index in [1.165, 1.54) is 0 Å². The van der Waals surface area contributed by atoms with E-state index in [-0.39, 0.29) is 23.3 Å². The maximum atomic E-state index is 13.4. The third kappa shape index (κ3) is 3.55. The van der Waals surface area contributed by atoms with Gasteiger partial charge in [-0.3, -0.25) is 4.79 Å². The van der Waals surface area contributed by atoms with Crippen molar-refractivity contribution in [2.45, 2.75) is 13.5 Å². The second kappa shape index (κ2) is 8.18. The summed E-state index contributed by atoms with van der Waals surface area (Å²) in [5.74, 6) is -0.0487. The standard InChI is InChI=1S/C23H15Cl2N5O2/c1-13-19(20(31)23-28-22(29-32-23)21-26-9-4-10-27-21)16-5-2-3-6-18(16)30(13)12-14-7-8-15(24)11-17(14)25/h2-11H,12H2,1H3. The van der Waals surface area contributed by atoms with Crippen LogP contribution in [0.5, 0.6) is 0 Å². The van der Waals surface area contributed by atoms with Crippen molar-refractivity contribution in [3.05, 3.63) is 93.7 Å². The Morgan fingerprint density at radius 3 is 2.59 bits per heavy atom. The third-order valence-electron chi connectivity index (χ3n) is 5.19. The van der Waals surface area contributed by atoms with E-state index in [1.807, 2.05) is 41.8 Å². The minimum atomic E-state index is -0.366. The Morgan fingerprint density at radius 2 is 1.81 bits per heavy atom. The Morgan fingerprint density at radius 1 is 1.03 bits per heavy atom. The van der Waals surface area contributed by atoms with Crippen molar-refractivity contribution in [2.24, 2.45) is 0 Å². The molecular weight excluding hydrogens is 449 g/mol. The molecule has 0 saturated carbocycles. The van der Waals surface area contributed by atoms with Gasteiger partial charge in [0.25, 0.3) is 11.7 Å². The number of hydrogen-bond donors (Lipinski definition) is 0. The summed E-state index contributed by atoms with van der Waals surface area (Å²) >= 11 is 12.4. The van der Waals surface area contributed by atoms with Gasteiger partial charge in [0.05, 0.1) is 5.56 Å². The van der Waals surface area contributed by atoms with Crippen molar-refractivity contribution >= 4 is 39.9 Å². The molecule has 0 amide bonds. The van der Waals surface area contributed by atoms with Gasteiger partial charge in [0.2, 0.25) is 11.6 Å². The number of ketones is 1. The fourth-order valence-corrected chi connectivity index (χ4v) is 4.14. The molecule has 0 atom stereocenters. The van der Waals surface area contributed by atoms with Crippen LogP contribution in [0.1, 0.15) is 27.5 Å². The molecular formula is C23H15Cl2N5O2. The fourth-order valence-electron chi connectivity index (χ4n) is 3.67. The number of rotatable bonds is 5. The van der Waals surface area contributed by atoms with Crippen LogP contribution in [0.25, 0.3) is 22.6 Å². The SMILES string of the molecule is Cc1c(C(=O)c2nc(-c3ncccn3)no2)c2ccccc2n1Cc1ccc(Cl)cc1Cl. The van der Waals surface area contributed by atoms with Gasteiger partial charge in [-0.05, 0) is 36.8 Å². The maximum absolute atomic E-state index is 13.4. The van der Waals surface area contributed by atoms with E-state index in [1.54, 1.807) is 30.6 Å². The quantitative estimate of drug-likeness (QED) is 0.325. The number of fused-ring (bicyclic) bond motifs is 1. The summed E-state index contributed by atoms with van der Waals surface area (Å²) in [6, 6.07) is 14.7. The maximum Gasteiger partial charge on any atom is 0.299 e. The lowest BCUT2D eigenvalue weighted by atomic mass is 10.1. The van der Waals surface area contributed by atoms with E-state index >= 15 is 0 Å². The largest absolute Gasteiger partial charge is 0.340 e. The third-order valence-corrected chi connectivity index (χ3v) is 5.77. The number of benzene rings is 2. The number of aromatic nitrogens is 5. The number of hydrogen-bond acceptors (Lipinski definition) is 6. The van der Waals surface area contributed by atoms with Crippen LogP contribution < -0.4 is 0 Å². The minimum absolute atomic E-state index is 0.122. The number of para-hydroxylation sites is 1. The van der Waals surface area contributed by atoms with Crippen molar-refractivity contribution in [2.75, 3.05) is 0 Å². The van der Waals surface area contributed by atoms with Crippen LogP contribution in [-0.2, 0) is 6.54 Å². The lowest BCUT2D eigenvalue weighted by molar-refractivity contribution is 0.0994. The summed E-state index contributed by atoms with van der Waals surface area (Å²) in [7, 11) is 0. The van der Waals surface area contributed by atoms with Crippen molar-refractivity contribution in [1.29, 1.82) is 0 Å². The summed E-state index contributed by atoms with van der Waals surface area (Å²) in [5, 5.41) is 5.79. The van der Waals surface area contributed by atoms with Crippen LogP contribution in [0.15, 0.2) is 65.4 Å². The molecule has 3 heterocycles. The molecule has 0 radical (unpaired) electrons. The molecule has 0 N–H and O–H groups in total. The molecule has 7 nitrogen and oxygen atoms in total. The number of carbonyl (C=O) groups excluding carboxylic acids is 1. The van der Waals surface area contributed by atoms with Crippen molar-refractivity contribution in [3.63, 3.8) is 0 Å². The van der Waals surface area contributed by atoms with Gasteiger partial charge in [-0.15, -0.1) is 0 Å². The minimum Gasteiger partial charge on any atom is -0.340 e. The molecule has 5 aromatic rings. The van der Waals surface area contributed by atoms with E-state index < -0.39 is 0 Å². The highest BCUT2D eigenvalue weighted by Crippen LogP contribution is 2.30. The van der Waals surface area contributed by atoms with Crippen molar-refractivity contribution < 1.29 is 9.32 Å². The summed E-state index contributed by atoms with van der Waals surface area (Å²) < 4.78 is 7.30. The van der Waals surface area contributed by atoms with Crippen LogP contribution in [0.3, 0.4) is 0 Å². The van der Waals surface area contributed by atoms with Crippen molar-refractivity contribution in [1.82, 2.24) is 24.7 Å². The average molecular weight is 464 g/mol. The van der Waals surface area contributed by atoms with Gasteiger partial charge in [0.15, 0.2) is 0 Å². The van der Waals surface area contributed by atoms with Gasteiger partial charge < -0.3 is 9.09 Å². The molecule has 2 aromatic carbocycles. The molecule has 158 valence electrons. The number of carbonyl (C=O) groups is 1. The van der Waals surface area contributed by atoms with E-state index in [2.05, 4.69) is 20.1 Å². The normalized spacial score (nSPS) is 11.2.